The van der Waals surface area contributed by atoms with E-state index in [1.807, 2.05) is 26.8 Å². The van der Waals surface area contributed by atoms with E-state index in [4.69, 9.17) is 23.2 Å². The quantitative estimate of drug-likeness (QED) is 0.401. The fraction of sp³-hybridized carbons (Fsp3) is 0.440. The molecule has 2 rings (SSSR count). The van der Waals surface area contributed by atoms with Crippen molar-refractivity contribution in [1.29, 1.82) is 0 Å². The van der Waals surface area contributed by atoms with Crippen LogP contribution in [0.3, 0.4) is 0 Å². The topological polar surface area (TPSA) is 49.4 Å². The van der Waals surface area contributed by atoms with Gasteiger partial charge in [0.2, 0.25) is 11.8 Å². The number of thioether (sulfide) groups is 1. The summed E-state index contributed by atoms with van der Waals surface area (Å²) in [7, 11) is 0. The van der Waals surface area contributed by atoms with Crippen molar-refractivity contribution in [3.63, 3.8) is 0 Å². The lowest BCUT2D eigenvalue weighted by molar-refractivity contribution is -0.139. The minimum atomic E-state index is -0.550. The molecule has 0 aliphatic rings. The van der Waals surface area contributed by atoms with Gasteiger partial charge in [-0.05, 0) is 49.9 Å². The van der Waals surface area contributed by atoms with Gasteiger partial charge in [-0.3, -0.25) is 9.59 Å². The van der Waals surface area contributed by atoms with Gasteiger partial charge in [-0.2, -0.15) is 0 Å². The highest BCUT2D eigenvalue weighted by atomic mass is 35.5. The van der Waals surface area contributed by atoms with Gasteiger partial charge in [-0.15, -0.1) is 11.8 Å². The maximum Gasteiger partial charge on any atom is 0.243 e. The molecule has 0 fully saturated rings. The van der Waals surface area contributed by atoms with Crippen LogP contribution in [0, 0.1) is 6.92 Å². The number of amides is 2. The third-order valence-electron chi connectivity index (χ3n) is 5.34. The van der Waals surface area contributed by atoms with Crippen LogP contribution in [0.25, 0.3) is 0 Å². The van der Waals surface area contributed by atoms with Gasteiger partial charge < -0.3 is 10.2 Å². The molecule has 0 heterocycles. The standard InChI is InChI=1S/C25H32Cl2N2O2S/c1-5-18(4)28-25(31)23(6-2)29(14-20-11-12-21(26)22(27)13-20)24(30)16-32-15-19-9-7-17(3)8-10-19/h7-13,18,23H,5-6,14-16H2,1-4H3,(H,28,31)/t18-,23-/m1/s1. The highest BCUT2D eigenvalue weighted by molar-refractivity contribution is 7.99. The van der Waals surface area contributed by atoms with Crippen LogP contribution in [0.5, 0.6) is 0 Å². The second-order valence-electron chi connectivity index (χ2n) is 7.99. The van der Waals surface area contributed by atoms with Gasteiger partial charge in [0.1, 0.15) is 6.04 Å². The predicted molar refractivity (Wildman–Crippen MR) is 136 cm³/mol. The van der Waals surface area contributed by atoms with Gasteiger partial charge in [0.25, 0.3) is 0 Å². The van der Waals surface area contributed by atoms with E-state index in [9.17, 15) is 9.59 Å². The molecule has 0 spiro atoms. The molecule has 0 bridgehead atoms. The average molecular weight is 496 g/mol. The van der Waals surface area contributed by atoms with E-state index in [0.29, 0.717) is 28.8 Å². The van der Waals surface area contributed by atoms with Gasteiger partial charge >= 0.3 is 0 Å². The minimum absolute atomic E-state index is 0.0504. The molecule has 2 aromatic rings. The summed E-state index contributed by atoms with van der Waals surface area (Å²) in [6.45, 7) is 8.26. The van der Waals surface area contributed by atoms with E-state index >= 15 is 0 Å². The van der Waals surface area contributed by atoms with Gasteiger partial charge in [0.15, 0.2) is 0 Å². The summed E-state index contributed by atoms with van der Waals surface area (Å²) in [6, 6.07) is 13.1. The van der Waals surface area contributed by atoms with Gasteiger partial charge in [-0.25, -0.2) is 0 Å². The molecule has 2 amide bonds. The fourth-order valence-corrected chi connectivity index (χ4v) is 4.41. The molecule has 0 aliphatic carbocycles. The van der Waals surface area contributed by atoms with Crippen LogP contribution in [0.15, 0.2) is 42.5 Å². The minimum Gasteiger partial charge on any atom is -0.352 e. The Bertz CT molecular complexity index is 905. The predicted octanol–water partition coefficient (Wildman–Crippen LogP) is 6.26. The monoisotopic (exact) mass is 494 g/mol. The summed E-state index contributed by atoms with van der Waals surface area (Å²) in [5.74, 6) is 0.836. The lowest BCUT2D eigenvalue weighted by atomic mass is 10.1. The number of nitrogens with one attached hydrogen (secondary N) is 1. The molecule has 32 heavy (non-hydrogen) atoms. The van der Waals surface area contributed by atoms with Crippen molar-refractivity contribution >= 4 is 46.8 Å². The molecule has 7 heteroatoms. The van der Waals surface area contributed by atoms with E-state index in [1.54, 1.807) is 28.8 Å². The number of nitrogens with zero attached hydrogens (tertiary/aromatic N) is 1. The summed E-state index contributed by atoms with van der Waals surface area (Å²) >= 11 is 13.8. The fourth-order valence-electron chi connectivity index (χ4n) is 3.22. The first-order valence-corrected chi connectivity index (χ1v) is 12.8. The maximum atomic E-state index is 13.3. The Kier molecular flexibility index (Phi) is 10.9. The Morgan fingerprint density at radius 1 is 1.00 bits per heavy atom. The number of halogens is 2. The first-order chi connectivity index (χ1) is 15.2. The third-order valence-corrected chi connectivity index (χ3v) is 7.07. The second-order valence-corrected chi connectivity index (χ2v) is 9.79. The van der Waals surface area contributed by atoms with E-state index in [1.165, 1.54) is 11.1 Å². The average Bonchev–Trinajstić information content (AvgIpc) is 2.77. The second kappa shape index (κ2) is 13.1. The summed E-state index contributed by atoms with van der Waals surface area (Å²) < 4.78 is 0. The Labute approximate surface area is 206 Å². The number of hydrogen-bond donors (Lipinski definition) is 1. The number of benzene rings is 2. The third kappa shape index (κ3) is 8.02. The lowest BCUT2D eigenvalue weighted by Crippen LogP contribution is -2.51. The van der Waals surface area contributed by atoms with E-state index < -0.39 is 6.04 Å². The SMILES string of the molecule is CC[C@@H](C)NC(=O)[C@@H](CC)N(Cc1ccc(Cl)c(Cl)c1)C(=O)CSCc1ccc(C)cc1. The van der Waals surface area contributed by atoms with Crippen molar-refractivity contribution in [1.82, 2.24) is 10.2 Å². The Morgan fingerprint density at radius 3 is 2.25 bits per heavy atom. The molecule has 2 aromatic carbocycles. The molecule has 0 saturated heterocycles. The van der Waals surface area contributed by atoms with Crippen molar-refractivity contribution in [3.05, 3.63) is 69.2 Å². The molecule has 0 aromatic heterocycles. The Hall–Kier alpha value is -1.69. The summed E-state index contributed by atoms with van der Waals surface area (Å²) in [5.41, 5.74) is 3.22. The normalized spacial score (nSPS) is 12.8. The van der Waals surface area contributed by atoms with Gasteiger partial charge in [-0.1, -0.05) is 72.9 Å². The van der Waals surface area contributed by atoms with Crippen molar-refractivity contribution < 1.29 is 9.59 Å². The molecular weight excluding hydrogens is 463 g/mol. The van der Waals surface area contributed by atoms with Gasteiger partial charge in [0, 0.05) is 18.3 Å². The zero-order chi connectivity index (χ0) is 23.7. The van der Waals surface area contributed by atoms with Crippen LogP contribution < -0.4 is 5.32 Å². The Balaban J connectivity index is 2.16. The summed E-state index contributed by atoms with van der Waals surface area (Å²) in [4.78, 5) is 27.9. The number of rotatable bonds is 11. The first-order valence-electron chi connectivity index (χ1n) is 10.9. The molecule has 0 radical (unpaired) electrons. The molecule has 0 unspecified atom stereocenters. The molecule has 1 N–H and O–H groups in total. The zero-order valence-corrected chi connectivity index (χ0v) is 21.5. The van der Waals surface area contributed by atoms with Crippen molar-refractivity contribution in [2.45, 2.75) is 64.9 Å². The largest absolute Gasteiger partial charge is 0.352 e. The van der Waals surface area contributed by atoms with Crippen molar-refractivity contribution in [2.75, 3.05) is 5.75 Å². The van der Waals surface area contributed by atoms with Crippen LogP contribution in [-0.2, 0) is 21.9 Å². The highest BCUT2D eigenvalue weighted by Crippen LogP contribution is 2.24. The number of carbonyl (C=O) groups is 2. The van der Waals surface area contributed by atoms with Crippen LogP contribution in [-0.4, -0.2) is 34.6 Å². The summed E-state index contributed by atoms with van der Waals surface area (Å²) in [6.07, 6.45) is 1.35. The van der Waals surface area contributed by atoms with E-state index in [2.05, 4.69) is 36.5 Å². The Morgan fingerprint density at radius 2 is 1.66 bits per heavy atom. The number of aryl methyl sites for hydroxylation is 1. The zero-order valence-electron chi connectivity index (χ0n) is 19.2. The van der Waals surface area contributed by atoms with Crippen LogP contribution >= 0.6 is 35.0 Å². The molecule has 0 aliphatic heterocycles. The van der Waals surface area contributed by atoms with Crippen molar-refractivity contribution in [3.8, 4) is 0 Å². The number of carbonyl (C=O) groups excluding carboxylic acids is 2. The van der Waals surface area contributed by atoms with Crippen LogP contribution in [0.4, 0.5) is 0 Å². The highest BCUT2D eigenvalue weighted by Gasteiger charge is 2.29. The van der Waals surface area contributed by atoms with E-state index in [0.717, 1.165) is 17.7 Å². The van der Waals surface area contributed by atoms with Crippen molar-refractivity contribution in [2.24, 2.45) is 0 Å². The van der Waals surface area contributed by atoms with Crippen LogP contribution in [0.1, 0.15) is 50.3 Å². The molecule has 2 atom stereocenters. The van der Waals surface area contributed by atoms with E-state index in [-0.39, 0.29) is 17.9 Å². The van der Waals surface area contributed by atoms with Crippen LogP contribution in [0.2, 0.25) is 10.0 Å². The molecular formula is C25H32Cl2N2O2S. The first kappa shape index (κ1) is 26.6. The molecule has 4 nitrogen and oxygen atoms in total. The smallest absolute Gasteiger partial charge is 0.243 e. The lowest BCUT2D eigenvalue weighted by Gasteiger charge is -2.31. The number of hydrogen-bond acceptors (Lipinski definition) is 3. The molecule has 0 saturated carbocycles. The summed E-state index contributed by atoms with van der Waals surface area (Å²) in [5, 5.41) is 3.92. The maximum absolute atomic E-state index is 13.3. The van der Waals surface area contributed by atoms with Gasteiger partial charge in [0.05, 0.1) is 15.8 Å². The molecule has 174 valence electrons.